The summed E-state index contributed by atoms with van der Waals surface area (Å²) in [6.45, 7) is 2.02. The predicted octanol–water partition coefficient (Wildman–Crippen LogP) is 3.25. The van der Waals surface area contributed by atoms with E-state index >= 15 is 0 Å². The van der Waals surface area contributed by atoms with Gasteiger partial charge in [-0.15, -0.1) is 0 Å². The van der Waals surface area contributed by atoms with Crippen molar-refractivity contribution >= 4 is 11.0 Å². The number of rotatable bonds is 4. The first kappa shape index (κ1) is 12.0. The largest absolute Gasteiger partial charge is 0.461 e. The maximum Gasteiger partial charge on any atom is 0.169 e. The minimum atomic E-state index is -0.446. The van der Waals surface area contributed by atoms with Crippen LogP contribution in [0, 0.1) is 11.6 Å². The van der Waals surface area contributed by atoms with Crippen molar-refractivity contribution in [1.29, 1.82) is 0 Å². The average Bonchev–Trinajstić information content (AvgIpc) is 2.67. The molecule has 17 heavy (non-hydrogen) atoms. The van der Waals surface area contributed by atoms with E-state index < -0.39 is 5.82 Å². The Balaban J connectivity index is 2.39. The zero-order chi connectivity index (χ0) is 12.4. The van der Waals surface area contributed by atoms with Crippen LogP contribution in [0.1, 0.15) is 18.9 Å². The fourth-order valence-electron chi connectivity index (χ4n) is 1.94. The van der Waals surface area contributed by atoms with Crippen LogP contribution in [0.15, 0.2) is 22.8 Å². The Bertz CT molecular complexity index is 517. The first-order valence-electron chi connectivity index (χ1n) is 5.68. The van der Waals surface area contributed by atoms with Gasteiger partial charge in [-0.1, -0.05) is 6.92 Å². The van der Waals surface area contributed by atoms with Gasteiger partial charge in [0.1, 0.15) is 17.7 Å². The molecule has 0 bridgehead atoms. The second kappa shape index (κ2) is 4.84. The maximum atomic E-state index is 13.8. The van der Waals surface area contributed by atoms with Crippen molar-refractivity contribution in [2.75, 3.05) is 7.05 Å². The summed E-state index contributed by atoms with van der Waals surface area (Å²) < 4.78 is 32.0. The first-order chi connectivity index (χ1) is 8.15. The molecule has 1 unspecified atom stereocenters. The molecule has 0 spiro atoms. The monoisotopic (exact) mass is 239 g/mol. The van der Waals surface area contributed by atoms with Crippen LogP contribution in [0.3, 0.4) is 0 Å². The lowest BCUT2D eigenvalue weighted by Gasteiger charge is -2.14. The molecule has 0 saturated carbocycles. The molecular weight excluding hydrogens is 224 g/mol. The quantitative estimate of drug-likeness (QED) is 0.886. The standard InChI is InChI=1S/C13H15F2NO/c1-3-9(16-2)4-8-5-10-12(15)7-17-13(10)6-11(8)14/h5-7,9,16H,3-4H2,1-2H3. The normalized spacial score (nSPS) is 13.2. The van der Waals surface area contributed by atoms with Crippen molar-refractivity contribution in [3.05, 3.63) is 35.6 Å². The fraction of sp³-hybridized carbons (Fsp3) is 0.385. The minimum absolute atomic E-state index is 0.192. The van der Waals surface area contributed by atoms with Gasteiger partial charge < -0.3 is 9.73 Å². The Kier molecular flexibility index (Phi) is 3.43. The van der Waals surface area contributed by atoms with Gasteiger partial charge in [-0.3, -0.25) is 0 Å². The summed E-state index contributed by atoms with van der Waals surface area (Å²) in [4.78, 5) is 0. The van der Waals surface area contributed by atoms with Gasteiger partial charge in [-0.2, -0.15) is 0 Å². The first-order valence-corrected chi connectivity index (χ1v) is 5.68. The van der Waals surface area contributed by atoms with Crippen LogP contribution >= 0.6 is 0 Å². The number of nitrogens with one attached hydrogen (secondary N) is 1. The Morgan fingerprint density at radius 3 is 2.71 bits per heavy atom. The van der Waals surface area contributed by atoms with Crippen molar-refractivity contribution in [2.45, 2.75) is 25.8 Å². The molecule has 2 nitrogen and oxygen atoms in total. The van der Waals surface area contributed by atoms with Crippen LogP contribution in [0.5, 0.6) is 0 Å². The van der Waals surface area contributed by atoms with E-state index in [4.69, 9.17) is 4.42 Å². The summed E-state index contributed by atoms with van der Waals surface area (Å²) in [5, 5.41) is 3.44. The van der Waals surface area contributed by atoms with Crippen molar-refractivity contribution < 1.29 is 13.2 Å². The van der Waals surface area contributed by atoms with E-state index in [1.165, 1.54) is 12.1 Å². The molecule has 0 radical (unpaired) electrons. The Hall–Kier alpha value is -1.42. The van der Waals surface area contributed by atoms with E-state index in [9.17, 15) is 8.78 Å². The third-order valence-corrected chi connectivity index (χ3v) is 3.06. The summed E-state index contributed by atoms with van der Waals surface area (Å²) >= 11 is 0. The zero-order valence-corrected chi connectivity index (χ0v) is 9.89. The van der Waals surface area contributed by atoms with Crippen LogP contribution in [0.25, 0.3) is 11.0 Å². The lowest BCUT2D eigenvalue weighted by molar-refractivity contribution is 0.521. The highest BCUT2D eigenvalue weighted by molar-refractivity contribution is 5.78. The second-order valence-electron chi connectivity index (χ2n) is 4.12. The molecule has 0 amide bonds. The Morgan fingerprint density at radius 1 is 1.29 bits per heavy atom. The van der Waals surface area contributed by atoms with Crippen LogP contribution in [-0.4, -0.2) is 13.1 Å². The molecule has 0 aliphatic heterocycles. The zero-order valence-electron chi connectivity index (χ0n) is 9.89. The van der Waals surface area contributed by atoms with Gasteiger partial charge >= 0.3 is 0 Å². The van der Waals surface area contributed by atoms with Crippen molar-refractivity contribution in [3.63, 3.8) is 0 Å². The van der Waals surface area contributed by atoms with Gasteiger partial charge in [0.05, 0.1) is 5.39 Å². The highest BCUT2D eigenvalue weighted by atomic mass is 19.1. The topological polar surface area (TPSA) is 25.2 Å². The fourth-order valence-corrected chi connectivity index (χ4v) is 1.94. The molecule has 0 saturated heterocycles. The van der Waals surface area contributed by atoms with E-state index in [0.29, 0.717) is 17.4 Å². The van der Waals surface area contributed by atoms with Crippen molar-refractivity contribution in [2.24, 2.45) is 0 Å². The molecule has 1 aromatic heterocycles. The highest BCUT2D eigenvalue weighted by Crippen LogP contribution is 2.24. The molecule has 0 aliphatic rings. The minimum Gasteiger partial charge on any atom is -0.461 e. The maximum absolute atomic E-state index is 13.8. The lowest BCUT2D eigenvalue weighted by atomic mass is 10.0. The summed E-state index contributed by atoms with van der Waals surface area (Å²) in [5.41, 5.74) is 0.764. The molecule has 1 atom stereocenters. The van der Waals surface area contributed by atoms with Gasteiger partial charge in [0.2, 0.25) is 0 Å². The summed E-state index contributed by atoms with van der Waals surface area (Å²) in [6.07, 6.45) is 2.44. The number of furan rings is 1. The number of halogens is 2. The molecule has 2 aromatic rings. The average molecular weight is 239 g/mol. The molecule has 4 heteroatoms. The number of hydrogen-bond donors (Lipinski definition) is 1. The highest BCUT2D eigenvalue weighted by Gasteiger charge is 2.13. The van der Waals surface area contributed by atoms with Crippen LogP contribution in [-0.2, 0) is 6.42 Å². The van der Waals surface area contributed by atoms with E-state index in [0.717, 1.165) is 12.7 Å². The van der Waals surface area contributed by atoms with Gasteiger partial charge in [-0.05, 0) is 31.5 Å². The van der Waals surface area contributed by atoms with Crippen molar-refractivity contribution in [1.82, 2.24) is 5.32 Å². The van der Waals surface area contributed by atoms with Gasteiger partial charge in [-0.25, -0.2) is 8.78 Å². The van der Waals surface area contributed by atoms with E-state index in [2.05, 4.69) is 5.32 Å². The number of fused-ring (bicyclic) bond motifs is 1. The molecule has 0 aliphatic carbocycles. The third-order valence-electron chi connectivity index (χ3n) is 3.06. The number of hydrogen-bond acceptors (Lipinski definition) is 2. The smallest absolute Gasteiger partial charge is 0.169 e. The van der Waals surface area contributed by atoms with Gasteiger partial charge in [0, 0.05) is 12.1 Å². The molecule has 0 fully saturated rings. The Labute approximate surface area is 98.6 Å². The predicted molar refractivity (Wildman–Crippen MR) is 63.0 cm³/mol. The van der Waals surface area contributed by atoms with Gasteiger partial charge in [0.25, 0.3) is 0 Å². The molecule has 92 valence electrons. The molecule has 1 N–H and O–H groups in total. The Morgan fingerprint density at radius 2 is 2.06 bits per heavy atom. The van der Waals surface area contributed by atoms with Crippen molar-refractivity contribution in [3.8, 4) is 0 Å². The van der Waals surface area contributed by atoms with Crippen LogP contribution in [0.4, 0.5) is 8.78 Å². The second-order valence-corrected chi connectivity index (χ2v) is 4.12. The molecular formula is C13H15F2NO. The van der Waals surface area contributed by atoms with Crippen LogP contribution in [0.2, 0.25) is 0 Å². The lowest BCUT2D eigenvalue weighted by Crippen LogP contribution is -2.26. The van der Waals surface area contributed by atoms with E-state index in [1.54, 1.807) is 0 Å². The van der Waals surface area contributed by atoms with E-state index in [-0.39, 0.29) is 17.4 Å². The summed E-state index contributed by atoms with van der Waals surface area (Å²) in [7, 11) is 1.84. The molecule has 2 rings (SSSR count). The summed E-state index contributed by atoms with van der Waals surface area (Å²) in [6, 6.07) is 2.97. The number of benzene rings is 1. The molecule has 1 heterocycles. The third kappa shape index (κ3) is 2.31. The van der Waals surface area contributed by atoms with E-state index in [1.807, 2.05) is 14.0 Å². The SMILES string of the molecule is CCC(Cc1cc2c(F)coc2cc1F)NC. The van der Waals surface area contributed by atoms with Crippen LogP contribution < -0.4 is 5.32 Å². The van der Waals surface area contributed by atoms with Gasteiger partial charge in [0.15, 0.2) is 5.82 Å². The number of likely N-dealkylation sites (N-methyl/N-ethyl adjacent to an activating group) is 1. The summed E-state index contributed by atoms with van der Waals surface area (Å²) in [5.74, 6) is -0.792. The molecule has 1 aromatic carbocycles.